The Bertz CT molecular complexity index is 1520. The number of pyridine rings is 1. The molecule has 2 N–H and O–H groups in total. The van der Waals surface area contributed by atoms with Gasteiger partial charge < -0.3 is 20.1 Å². The second-order valence-electron chi connectivity index (χ2n) is 8.77. The van der Waals surface area contributed by atoms with Gasteiger partial charge >= 0.3 is 5.69 Å². The highest BCUT2D eigenvalue weighted by molar-refractivity contribution is 6.06. The third-order valence-electron chi connectivity index (χ3n) is 6.52. The Kier molecular flexibility index (Phi) is 6.59. The number of hydrogen-bond acceptors (Lipinski definition) is 7. The molecule has 9 heteroatoms. The van der Waals surface area contributed by atoms with E-state index in [1.54, 1.807) is 13.2 Å². The number of anilines is 3. The van der Waals surface area contributed by atoms with Crippen LogP contribution in [0.3, 0.4) is 0 Å². The van der Waals surface area contributed by atoms with Crippen molar-refractivity contribution in [2.45, 2.75) is 25.7 Å². The number of para-hydroxylation sites is 2. The van der Waals surface area contributed by atoms with Crippen LogP contribution in [0.5, 0.6) is 11.5 Å². The van der Waals surface area contributed by atoms with Gasteiger partial charge in [-0.1, -0.05) is 12.1 Å². The first kappa shape index (κ1) is 24.1. The van der Waals surface area contributed by atoms with E-state index in [1.165, 1.54) is 30.9 Å². The summed E-state index contributed by atoms with van der Waals surface area (Å²) in [6.45, 7) is 0. The van der Waals surface area contributed by atoms with Crippen molar-refractivity contribution in [3.63, 3.8) is 0 Å². The average molecular weight is 499 g/mol. The van der Waals surface area contributed by atoms with Gasteiger partial charge in [-0.05, 0) is 73.7 Å². The fourth-order valence-corrected chi connectivity index (χ4v) is 4.70. The average Bonchev–Trinajstić information content (AvgIpc) is 2.93. The molecule has 1 aromatic heterocycles. The zero-order chi connectivity index (χ0) is 25.9. The molecule has 0 fully saturated rings. The quantitative estimate of drug-likeness (QED) is 0.236. The van der Waals surface area contributed by atoms with Crippen LogP contribution in [0.15, 0.2) is 60.7 Å². The summed E-state index contributed by atoms with van der Waals surface area (Å²) in [6, 6.07) is 17.4. The molecular formula is C28H26N4O5. The van der Waals surface area contributed by atoms with Gasteiger partial charge in [0.2, 0.25) is 0 Å². The smallest absolute Gasteiger partial charge is 0.311 e. The number of carbonyl (C=O) groups excluding carboxylic acids is 1. The Balaban J connectivity index is 1.54. The lowest BCUT2D eigenvalue weighted by atomic mass is 9.92. The summed E-state index contributed by atoms with van der Waals surface area (Å²) in [5.41, 5.74) is 5.28. The molecule has 188 valence electrons. The largest absolute Gasteiger partial charge is 0.495 e. The van der Waals surface area contributed by atoms with Gasteiger partial charge in [0.1, 0.15) is 5.75 Å². The molecule has 0 saturated heterocycles. The highest BCUT2D eigenvalue weighted by Crippen LogP contribution is 2.38. The van der Waals surface area contributed by atoms with Crippen LogP contribution >= 0.6 is 0 Å². The van der Waals surface area contributed by atoms with Gasteiger partial charge in [-0.2, -0.15) is 0 Å². The van der Waals surface area contributed by atoms with Crippen LogP contribution in [0.25, 0.3) is 10.9 Å². The summed E-state index contributed by atoms with van der Waals surface area (Å²) in [5, 5.41) is 18.7. The van der Waals surface area contributed by atoms with Crippen LogP contribution in [0, 0.1) is 10.1 Å². The highest BCUT2D eigenvalue weighted by atomic mass is 16.6. The topological polar surface area (TPSA) is 116 Å². The zero-order valence-corrected chi connectivity index (χ0v) is 20.5. The van der Waals surface area contributed by atoms with E-state index in [2.05, 4.69) is 10.6 Å². The van der Waals surface area contributed by atoms with Gasteiger partial charge in [-0.3, -0.25) is 19.9 Å². The van der Waals surface area contributed by atoms with Gasteiger partial charge in [0.25, 0.3) is 5.91 Å². The van der Waals surface area contributed by atoms with Gasteiger partial charge in [0.15, 0.2) is 5.75 Å². The van der Waals surface area contributed by atoms with Gasteiger partial charge in [0, 0.05) is 28.4 Å². The predicted molar refractivity (Wildman–Crippen MR) is 142 cm³/mol. The van der Waals surface area contributed by atoms with Crippen molar-refractivity contribution >= 4 is 39.6 Å². The molecule has 1 amide bonds. The number of ether oxygens (including phenoxy) is 2. The minimum Gasteiger partial charge on any atom is -0.495 e. The number of nitrogens with zero attached hydrogens (tertiary/aromatic N) is 2. The van der Waals surface area contributed by atoms with E-state index in [1.807, 2.05) is 36.4 Å². The Morgan fingerprint density at radius 3 is 2.54 bits per heavy atom. The number of methoxy groups -OCH3 is 2. The number of nitrogens with one attached hydrogen (secondary N) is 2. The minimum atomic E-state index is -0.573. The second-order valence-corrected chi connectivity index (χ2v) is 8.77. The molecule has 0 radical (unpaired) electrons. The summed E-state index contributed by atoms with van der Waals surface area (Å²) in [7, 11) is 2.98. The fourth-order valence-electron chi connectivity index (χ4n) is 4.70. The molecule has 1 heterocycles. The Hall–Kier alpha value is -4.66. The molecule has 5 rings (SSSR count). The van der Waals surface area contributed by atoms with Crippen molar-refractivity contribution in [3.05, 3.63) is 87.6 Å². The summed E-state index contributed by atoms with van der Waals surface area (Å²) < 4.78 is 10.6. The molecule has 0 atom stereocenters. The van der Waals surface area contributed by atoms with Gasteiger partial charge in [-0.15, -0.1) is 0 Å². The number of carbonyl (C=O) groups is 1. The van der Waals surface area contributed by atoms with Crippen molar-refractivity contribution < 1.29 is 19.2 Å². The molecule has 1 aliphatic rings. The van der Waals surface area contributed by atoms with Crippen molar-refractivity contribution in [3.8, 4) is 11.5 Å². The molecule has 0 unspecified atom stereocenters. The van der Waals surface area contributed by atoms with Gasteiger partial charge in [0.05, 0.1) is 36.0 Å². The van der Waals surface area contributed by atoms with Crippen molar-refractivity contribution in [1.82, 2.24) is 4.98 Å². The van der Waals surface area contributed by atoms with E-state index >= 15 is 0 Å². The molecule has 0 saturated carbocycles. The molecule has 37 heavy (non-hydrogen) atoms. The zero-order valence-electron chi connectivity index (χ0n) is 20.5. The van der Waals surface area contributed by atoms with Crippen LogP contribution in [0.2, 0.25) is 0 Å². The van der Waals surface area contributed by atoms with Crippen LogP contribution in [0.1, 0.15) is 34.5 Å². The molecular weight excluding hydrogens is 472 g/mol. The third-order valence-corrected chi connectivity index (χ3v) is 6.52. The maximum atomic E-state index is 13.0. The third kappa shape index (κ3) is 4.75. The summed E-state index contributed by atoms with van der Waals surface area (Å²) in [5.74, 6) is 0.355. The molecule has 9 nitrogen and oxygen atoms in total. The molecule has 3 aromatic carbocycles. The normalized spacial score (nSPS) is 12.5. The Labute approximate surface area is 213 Å². The lowest BCUT2D eigenvalue weighted by Gasteiger charge is -2.23. The van der Waals surface area contributed by atoms with Crippen LogP contribution in [0.4, 0.5) is 22.7 Å². The number of nitro benzene ring substituents is 1. The minimum absolute atomic E-state index is 0.0927. The number of aryl methyl sites for hydroxylation is 1. The number of hydrogen-bond donors (Lipinski definition) is 2. The monoisotopic (exact) mass is 498 g/mol. The van der Waals surface area contributed by atoms with Crippen LogP contribution in [-0.4, -0.2) is 30.0 Å². The maximum absolute atomic E-state index is 13.0. The molecule has 1 aliphatic carbocycles. The lowest BCUT2D eigenvalue weighted by molar-refractivity contribution is -0.385. The van der Waals surface area contributed by atoms with E-state index in [4.69, 9.17) is 14.5 Å². The van der Waals surface area contributed by atoms with Crippen LogP contribution in [-0.2, 0) is 12.8 Å². The number of amides is 1. The summed E-state index contributed by atoms with van der Waals surface area (Å²) in [4.78, 5) is 28.7. The van der Waals surface area contributed by atoms with E-state index in [0.717, 1.165) is 59.4 Å². The van der Waals surface area contributed by atoms with Crippen LogP contribution < -0.4 is 20.1 Å². The summed E-state index contributed by atoms with van der Waals surface area (Å²) >= 11 is 0. The lowest BCUT2D eigenvalue weighted by Crippen LogP contribution is -2.13. The Morgan fingerprint density at radius 2 is 1.76 bits per heavy atom. The van der Waals surface area contributed by atoms with Crippen molar-refractivity contribution in [2.24, 2.45) is 0 Å². The number of fused-ring (bicyclic) bond motifs is 2. The first-order valence-electron chi connectivity index (χ1n) is 12.0. The predicted octanol–water partition coefficient (Wildman–Crippen LogP) is 6.03. The maximum Gasteiger partial charge on any atom is 0.311 e. The number of benzene rings is 3. The number of aromatic nitrogens is 1. The first-order valence-corrected chi connectivity index (χ1v) is 12.0. The van der Waals surface area contributed by atoms with Crippen molar-refractivity contribution in [1.29, 1.82) is 0 Å². The standard InChI is InChI=1S/C28H26N4O5/c1-36-25-10-6-5-9-23(25)31-27-19-7-3-4-8-21(19)30-22-13-12-18(16-20(22)27)29-28(33)17-11-14-26(37-2)24(15-17)32(34)35/h5-6,9-16H,3-4,7-8H2,1-2H3,(H,29,33)(H,30,31). The molecule has 0 spiro atoms. The second kappa shape index (κ2) is 10.1. The number of nitro groups is 1. The highest BCUT2D eigenvalue weighted by Gasteiger charge is 2.21. The molecule has 4 aromatic rings. The summed E-state index contributed by atoms with van der Waals surface area (Å²) in [6.07, 6.45) is 4.00. The number of rotatable bonds is 7. The van der Waals surface area contributed by atoms with E-state index in [0.29, 0.717) is 5.69 Å². The molecule has 0 bridgehead atoms. The van der Waals surface area contributed by atoms with E-state index < -0.39 is 10.8 Å². The van der Waals surface area contributed by atoms with Gasteiger partial charge in [-0.25, -0.2) is 0 Å². The first-order chi connectivity index (χ1) is 18.0. The van der Waals surface area contributed by atoms with E-state index in [9.17, 15) is 14.9 Å². The molecule has 0 aliphatic heterocycles. The SMILES string of the molecule is COc1ccccc1Nc1c2c(nc3ccc(NC(=O)c4ccc(OC)c([N+](=O)[O-])c4)cc13)CCCC2. The van der Waals surface area contributed by atoms with E-state index in [-0.39, 0.29) is 17.0 Å². The van der Waals surface area contributed by atoms with Crippen molar-refractivity contribution in [2.75, 3.05) is 24.9 Å². The fraction of sp³-hybridized carbons (Fsp3) is 0.214. The Morgan fingerprint density at radius 1 is 0.973 bits per heavy atom.